The number of hydrogen-bond donors (Lipinski definition) is 1. The highest BCUT2D eigenvalue weighted by molar-refractivity contribution is 5.87. The highest BCUT2D eigenvalue weighted by Crippen LogP contribution is 2.24. The van der Waals surface area contributed by atoms with Crippen molar-refractivity contribution < 1.29 is 22.7 Å². The molecule has 1 amide bonds. The number of carbonyl (C=O) groups is 1. The third kappa shape index (κ3) is 7.48. The van der Waals surface area contributed by atoms with Crippen LogP contribution in [0.4, 0.5) is 13.2 Å². The maximum absolute atomic E-state index is 12.6. The largest absolute Gasteiger partial charge is 0.411 e. The normalized spacial score (nSPS) is 17.0. The van der Waals surface area contributed by atoms with Crippen molar-refractivity contribution in [2.45, 2.75) is 25.6 Å². The van der Waals surface area contributed by atoms with E-state index in [0.29, 0.717) is 19.5 Å². The molecule has 2 aromatic carbocycles. The number of nitrogens with zero attached hydrogens (tertiary/aromatic N) is 2. The SMILES string of the molecule is CC(NC(=O)CN1CCN(CCCOCC(F)(F)F)CC1)c1cccc2ccccc12. The summed E-state index contributed by atoms with van der Waals surface area (Å²) in [5.74, 6) is -0.00515. The van der Waals surface area contributed by atoms with Gasteiger partial charge >= 0.3 is 6.18 Å². The number of amides is 1. The van der Waals surface area contributed by atoms with Gasteiger partial charge < -0.3 is 15.0 Å². The van der Waals surface area contributed by atoms with Gasteiger partial charge in [0.25, 0.3) is 0 Å². The second kappa shape index (κ2) is 10.9. The Morgan fingerprint density at radius 1 is 1.06 bits per heavy atom. The van der Waals surface area contributed by atoms with Gasteiger partial charge in [-0.2, -0.15) is 13.2 Å². The topological polar surface area (TPSA) is 44.8 Å². The second-order valence-electron chi connectivity index (χ2n) is 8.00. The molecular formula is C23H30F3N3O2. The van der Waals surface area contributed by atoms with Crippen LogP contribution in [0.1, 0.15) is 24.9 Å². The fourth-order valence-corrected chi connectivity index (χ4v) is 3.95. The first-order chi connectivity index (χ1) is 14.8. The summed E-state index contributed by atoms with van der Waals surface area (Å²) in [5, 5.41) is 5.40. The van der Waals surface area contributed by atoms with E-state index < -0.39 is 12.8 Å². The summed E-state index contributed by atoms with van der Waals surface area (Å²) in [4.78, 5) is 16.9. The second-order valence-corrected chi connectivity index (χ2v) is 8.00. The first kappa shape index (κ1) is 23.5. The molecule has 2 aromatic rings. The number of rotatable bonds is 9. The van der Waals surface area contributed by atoms with Crippen LogP contribution in [-0.4, -0.2) is 74.4 Å². The first-order valence-electron chi connectivity index (χ1n) is 10.7. The van der Waals surface area contributed by atoms with Gasteiger partial charge in [0.05, 0.1) is 12.6 Å². The van der Waals surface area contributed by atoms with Gasteiger partial charge in [0.1, 0.15) is 6.61 Å². The van der Waals surface area contributed by atoms with Gasteiger partial charge in [-0.25, -0.2) is 0 Å². The lowest BCUT2D eigenvalue weighted by atomic mass is 10.00. The van der Waals surface area contributed by atoms with E-state index in [1.165, 1.54) is 0 Å². The van der Waals surface area contributed by atoms with Crippen LogP contribution in [0.2, 0.25) is 0 Å². The smallest absolute Gasteiger partial charge is 0.372 e. The zero-order chi connectivity index (χ0) is 22.3. The first-order valence-corrected chi connectivity index (χ1v) is 10.7. The highest BCUT2D eigenvalue weighted by Gasteiger charge is 2.27. The molecule has 1 atom stereocenters. The van der Waals surface area contributed by atoms with Crippen LogP contribution in [0.25, 0.3) is 10.8 Å². The van der Waals surface area contributed by atoms with Gasteiger partial charge in [-0.3, -0.25) is 9.69 Å². The Morgan fingerprint density at radius 3 is 2.48 bits per heavy atom. The van der Waals surface area contributed by atoms with Crippen molar-refractivity contribution in [1.29, 1.82) is 0 Å². The molecule has 1 aliphatic heterocycles. The fourth-order valence-electron chi connectivity index (χ4n) is 3.95. The van der Waals surface area contributed by atoms with Crippen molar-refractivity contribution in [3.63, 3.8) is 0 Å². The molecule has 170 valence electrons. The summed E-state index contributed by atoms with van der Waals surface area (Å²) in [6, 6.07) is 14.2. The summed E-state index contributed by atoms with van der Waals surface area (Å²) in [7, 11) is 0. The van der Waals surface area contributed by atoms with E-state index in [1.54, 1.807) is 0 Å². The number of alkyl halides is 3. The molecule has 0 aromatic heterocycles. The maximum atomic E-state index is 12.6. The van der Waals surface area contributed by atoms with Crippen molar-refractivity contribution in [3.05, 3.63) is 48.0 Å². The number of halogens is 3. The third-order valence-corrected chi connectivity index (χ3v) is 5.53. The predicted octanol–water partition coefficient (Wildman–Crippen LogP) is 3.60. The van der Waals surface area contributed by atoms with Crippen LogP contribution in [0.3, 0.4) is 0 Å². The minimum atomic E-state index is -4.27. The van der Waals surface area contributed by atoms with E-state index in [-0.39, 0.29) is 18.6 Å². The number of piperazine rings is 1. The molecule has 1 fully saturated rings. The van der Waals surface area contributed by atoms with E-state index in [1.807, 2.05) is 31.2 Å². The standard InChI is InChI=1S/C23H30F3N3O2/c1-18(20-9-4-7-19-6-2-3-8-21(19)20)27-22(30)16-29-13-11-28(12-14-29)10-5-15-31-17-23(24,25)26/h2-4,6-9,18H,5,10-17H2,1H3,(H,27,30). The lowest BCUT2D eigenvalue weighted by molar-refractivity contribution is -0.174. The summed E-state index contributed by atoms with van der Waals surface area (Å²) >= 11 is 0. The summed E-state index contributed by atoms with van der Waals surface area (Å²) in [6.07, 6.45) is -3.70. The Bertz CT molecular complexity index is 846. The highest BCUT2D eigenvalue weighted by atomic mass is 19.4. The molecule has 1 heterocycles. The summed E-state index contributed by atoms with van der Waals surface area (Å²) in [6.45, 7) is 5.09. The lowest BCUT2D eigenvalue weighted by Crippen LogP contribution is -2.49. The molecule has 1 unspecified atom stereocenters. The minimum absolute atomic E-state index is 0.00515. The Hall–Kier alpha value is -2.16. The predicted molar refractivity (Wildman–Crippen MR) is 115 cm³/mol. The van der Waals surface area contributed by atoms with Crippen molar-refractivity contribution >= 4 is 16.7 Å². The number of fused-ring (bicyclic) bond motifs is 1. The average molecular weight is 438 g/mol. The van der Waals surface area contributed by atoms with Crippen LogP contribution in [0.15, 0.2) is 42.5 Å². The zero-order valence-electron chi connectivity index (χ0n) is 17.8. The maximum Gasteiger partial charge on any atom is 0.411 e. The van der Waals surface area contributed by atoms with Crippen LogP contribution < -0.4 is 5.32 Å². The third-order valence-electron chi connectivity index (χ3n) is 5.53. The van der Waals surface area contributed by atoms with E-state index in [2.05, 4.69) is 38.1 Å². The van der Waals surface area contributed by atoms with Crippen LogP contribution in [-0.2, 0) is 9.53 Å². The Morgan fingerprint density at radius 2 is 1.74 bits per heavy atom. The summed E-state index contributed by atoms with van der Waals surface area (Å²) in [5.41, 5.74) is 1.10. The summed E-state index contributed by atoms with van der Waals surface area (Å²) < 4.78 is 40.8. The molecular weight excluding hydrogens is 407 g/mol. The Kier molecular flexibility index (Phi) is 8.28. The molecule has 1 saturated heterocycles. The van der Waals surface area contributed by atoms with Crippen molar-refractivity contribution in [2.75, 3.05) is 52.5 Å². The molecule has 0 radical (unpaired) electrons. The Labute approximate surface area is 181 Å². The van der Waals surface area contributed by atoms with Gasteiger partial charge in [0.15, 0.2) is 0 Å². The molecule has 31 heavy (non-hydrogen) atoms. The van der Waals surface area contributed by atoms with Crippen LogP contribution in [0, 0.1) is 0 Å². The number of benzene rings is 2. The number of ether oxygens (including phenoxy) is 1. The molecule has 0 aliphatic carbocycles. The van der Waals surface area contributed by atoms with Gasteiger partial charge in [-0.1, -0.05) is 42.5 Å². The van der Waals surface area contributed by atoms with E-state index in [4.69, 9.17) is 0 Å². The van der Waals surface area contributed by atoms with E-state index in [9.17, 15) is 18.0 Å². The molecule has 5 nitrogen and oxygen atoms in total. The molecule has 0 spiro atoms. The molecule has 0 saturated carbocycles. The zero-order valence-corrected chi connectivity index (χ0v) is 17.8. The van der Waals surface area contributed by atoms with Gasteiger partial charge in [-0.05, 0) is 29.7 Å². The van der Waals surface area contributed by atoms with Crippen LogP contribution >= 0.6 is 0 Å². The average Bonchev–Trinajstić information content (AvgIpc) is 2.73. The van der Waals surface area contributed by atoms with Crippen LogP contribution in [0.5, 0.6) is 0 Å². The van der Waals surface area contributed by atoms with Gasteiger partial charge in [0, 0.05) is 39.3 Å². The molecule has 3 rings (SSSR count). The number of hydrogen-bond acceptors (Lipinski definition) is 4. The molecule has 0 bridgehead atoms. The quantitative estimate of drug-likeness (QED) is 0.609. The Balaban J connectivity index is 1.37. The minimum Gasteiger partial charge on any atom is -0.372 e. The van der Waals surface area contributed by atoms with Gasteiger partial charge in [0.2, 0.25) is 5.91 Å². The fraction of sp³-hybridized carbons (Fsp3) is 0.522. The number of carbonyl (C=O) groups excluding carboxylic acids is 1. The van der Waals surface area contributed by atoms with E-state index in [0.717, 1.165) is 42.5 Å². The molecule has 1 N–H and O–H groups in total. The molecule has 1 aliphatic rings. The van der Waals surface area contributed by atoms with Gasteiger partial charge in [-0.15, -0.1) is 0 Å². The van der Waals surface area contributed by atoms with Crippen molar-refractivity contribution in [1.82, 2.24) is 15.1 Å². The monoisotopic (exact) mass is 437 g/mol. The van der Waals surface area contributed by atoms with Crippen molar-refractivity contribution in [2.24, 2.45) is 0 Å². The number of nitrogens with one attached hydrogen (secondary N) is 1. The lowest BCUT2D eigenvalue weighted by Gasteiger charge is -2.34. The van der Waals surface area contributed by atoms with Crippen molar-refractivity contribution in [3.8, 4) is 0 Å². The molecule has 8 heteroatoms. The van der Waals surface area contributed by atoms with E-state index >= 15 is 0 Å².